The van der Waals surface area contributed by atoms with Crippen LogP contribution in [0.3, 0.4) is 0 Å². The van der Waals surface area contributed by atoms with E-state index in [1.807, 2.05) is 0 Å². The van der Waals surface area contributed by atoms with E-state index >= 15 is 0 Å². The molecule has 2 amide bonds. The third-order valence-electron chi connectivity index (χ3n) is 4.22. The number of halogens is 1. The molecule has 8 nitrogen and oxygen atoms in total. The van der Waals surface area contributed by atoms with Crippen LogP contribution in [0.25, 0.3) is 0 Å². The van der Waals surface area contributed by atoms with E-state index in [1.165, 1.54) is 24.6 Å². The molecule has 3 rings (SSSR count). The van der Waals surface area contributed by atoms with Crippen molar-refractivity contribution >= 4 is 44.7 Å². The zero-order chi connectivity index (χ0) is 20.3. The van der Waals surface area contributed by atoms with E-state index in [9.17, 15) is 13.2 Å². The summed E-state index contributed by atoms with van der Waals surface area (Å²) >= 11 is 6.18. The van der Waals surface area contributed by atoms with Gasteiger partial charge in [-0.2, -0.15) is 0 Å². The molecule has 2 N–H and O–H groups in total. The molecule has 0 atom stereocenters. The summed E-state index contributed by atoms with van der Waals surface area (Å²) in [6.07, 6.45) is 0.534. The fourth-order valence-electron chi connectivity index (χ4n) is 2.96. The van der Waals surface area contributed by atoms with Gasteiger partial charge in [-0.1, -0.05) is 17.7 Å². The topological polar surface area (TPSA) is 97.0 Å². The number of urea groups is 1. The van der Waals surface area contributed by atoms with Gasteiger partial charge in [0.1, 0.15) is 0 Å². The number of hydrogen-bond acceptors (Lipinski definition) is 5. The number of para-hydroxylation sites is 1. The molecule has 0 unspecified atom stereocenters. The van der Waals surface area contributed by atoms with Gasteiger partial charge in [-0.3, -0.25) is 4.31 Å². The van der Waals surface area contributed by atoms with Crippen LogP contribution < -0.4 is 24.4 Å². The van der Waals surface area contributed by atoms with Crippen LogP contribution in [-0.4, -0.2) is 41.0 Å². The van der Waals surface area contributed by atoms with Gasteiger partial charge in [0, 0.05) is 12.2 Å². The standard InChI is InChI=1S/C18H20ClN3O5S/c1-26-16-6-3-5-14(17(16)27-2)21-18(23)20-12-7-8-13(19)15(11-12)22-9-4-10-28(22,24)25/h3,5-8,11H,4,9-10H2,1-2H3,(H2,20,21,23). The maximum absolute atomic E-state index is 12.4. The van der Waals surface area contributed by atoms with Crippen LogP contribution in [0.1, 0.15) is 6.42 Å². The van der Waals surface area contributed by atoms with Crippen molar-refractivity contribution in [1.82, 2.24) is 0 Å². The number of benzene rings is 2. The second-order valence-corrected chi connectivity index (χ2v) is 8.45. The maximum atomic E-state index is 12.4. The van der Waals surface area contributed by atoms with Crippen molar-refractivity contribution in [1.29, 1.82) is 0 Å². The molecular weight excluding hydrogens is 406 g/mol. The summed E-state index contributed by atoms with van der Waals surface area (Å²) in [6.45, 7) is 0.360. The van der Waals surface area contributed by atoms with E-state index in [0.717, 1.165) is 0 Å². The molecule has 2 aromatic rings. The summed E-state index contributed by atoms with van der Waals surface area (Å²) in [6, 6.07) is 9.26. The highest BCUT2D eigenvalue weighted by atomic mass is 35.5. The summed E-state index contributed by atoms with van der Waals surface area (Å²) in [4.78, 5) is 12.4. The van der Waals surface area contributed by atoms with Gasteiger partial charge in [0.25, 0.3) is 0 Å². The largest absolute Gasteiger partial charge is 0.493 e. The highest BCUT2D eigenvalue weighted by Gasteiger charge is 2.30. The van der Waals surface area contributed by atoms with Crippen molar-refractivity contribution < 1.29 is 22.7 Å². The first-order chi connectivity index (χ1) is 13.4. The molecule has 28 heavy (non-hydrogen) atoms. The Morgan fingerprint density at radius 3 is 2.57 bits per heavy atom. The Morgan fingerprint density at radius 1 is 1.14 bits per heavy atom. The average Bonchev–Trinajstić information content (AvgIpc) is 3.01. The van der Waals surface area contributed by atoms with Gasteiger partial charge in [0.2, 0.25) is 10.0 Å². The molecule has 2 aromatic carbocycles. The lowest BCUT2D eigenvalue weighted by atomic mass is 10.2. The van der Waals surface area contributed by atoms with E-state index in [1.54, 1.807) is 30.3 Å². The second-order valence-electron chi connectivity index (χ2n) is 6.03. The Kier molecular flexibility index (Phi) is 5.85. The van der Waals surface area contributed by atoms with E-state index < -0.39 is 16.1 Å². The molecule has 150 valence electrons. The average molecular weight is 426 g/mol. The van der Waals surface area contributed by atoms with E-state index in [0.29, 0.717) is 46.5 Å². The Bertz CT molecular complexity index is 997. The first-order valence-corrected chi connectivity index (χ1v) is 10.4. The van der Waals surface area contributed by atoms with Crippen LogP contribution in [0.2, 0.25) is 5.02 Å². The zero-order valence-electron chi connectivity index (χ0n) is 15.4. The second kappa shape index (κ2) is 8.15. The zero-order valence-corrected chi connectivity index (χ0v) is 16.9. The molecule has 10 heteroatoms. The Balaban J connectivity index is 1.79. The van der Waals surface area contributed by atoms with Crippen LogP contribution in [0.5, 0.6) is 11.5 Å². The summed E-state index contributed by atoms with van der Waals surface area (Å²) in [5, 5.41) is 5.65. The predicted molar refractivity (Wildman–Crippen MR) is 109 cm³/mol. The fraction of sp³-hybridized carbons (Fsp3) is 0.278. The van der Waals surface area contributed by atoms with Crippen molar-refractivity contribution in [3.05, 3.63) is 41.4 Å². The lowest BCUT2D eigenvalue weighted by Crippen LogP contribution is -2.26. The Labute approximate surface area is 168 Å². The number of nitrogens with zero attached hydrogens (tertiary/aromatic N) is 1. The first kappa shape index (κ1) is 20.1. The van der Waals surface area contributed by atoms with Gasteiger partial charge in [-0.25, -0.2) is 13.2 Å². The number of anilines is 3. The van der Waals surface area contributed by atoms with Crippen LogP contribution in [-0.2, 0) is 10.0 Å². The smallest absolute Gasteiger partial charge is 0.323 e. The molecule has 0 saturated carbocycles. The highest BCUT2D eigenvalue weighted by Crippen LogP contribution is 2.35. The van der Waals surface area contributed by atoms with Gasteiger partial charge in [-0.15, -0.1) is 0 Å². The van der Waals surface area contributed by atoms with Crippen LogP contribution in [0.15, 0.2) is 36.4 Å². The third-order valence-corrected chi connectivity index (χ3v) is 6.40. The number of hydrogen-bond donors (Lipinski definition) is 2. The van der Waals surface area contributed by atoms with Crippen molar-refractivity contribution in [3.8, 4) is 11.5 Å². The molecule has 1 aliphatic rings. The summed E-state index contributed by atoms with van der Waals surface area (Å²) in [5.74, 6) is 0.949. The van der Waals surface area contributed by atoms with Crippen molar-refractivity contribution in [2.24, 2.45) is 0 Å². The Hall–Kier alpha value is -2.65. The number of carbonyl (C=O) groups is 1. The normalized spacial score (nSPS) is 15.2. The minimum absolute atomic E-state index is 0.0805. The number of methoxy groups -OCH3 is 2. The monoisotopic (exact) mass is 425 g/mol. The summed E-state index contributed by atoms with van der Waals surface area (Å²) in [7, 11) is -0.405. The van der Waals surface area contributed by atoms with Crippen molar-refractivity contribution in [2.75, 3.05) is 41.5 Å². The number of nitrogens with one attached hydrogen (secondary N) is 2. The Morgan fingerprint density at radius 2 is 1.93 bits per heavy atom. The van der Waals surface area contributed by atoms with Gasteiger partial charge in [0.15, 0.2) is 11.5 Å². The third kappa shape index (κ3) is 4.10. The maximum Gasteiger partial charge on any atom is 0.323 e. The van der Waals surface area contributed by atoms with Gasteiger partial charge in [0.05, 0.1) is 36.4 Å². The number of amides is 2. The number of sulfonamides is 1. The quantitative estimate of drug-likeness (QED) is 0.763. The van der Waals surface area contributed by atoms with Crippen LogP contribution >= 0.6 is 11.6 Å². The molecule has 0 aliphatic carbocycles. The van der Waals surface area contributed by atoms with Crippen molar-refractivity contribution in [2.45, 2.75) is 6.42 Å². The lowest BCUT2D eigenvalue weighted by molar-refractivity contribution is 0.262. The molecule has 0 spiro atoms. The fourth-order valence-corrected chi connectivity index (χ4v) is 4.80. The van der Waals surface area contributed by atoms with Gasteiger partial charge >= 0.3 is 6.03 Å². The molecule has 0 bridgehead atoms. The van der Waals surface area contributed by atoms with E-state index in [-0.39, 0.29) is 5.75 Å². The first-order valence-electron chi connectivity index (χ1n) is 8.44. The molecular formula is C18H20ClN3O5S. The van der Waals surface area contributed by atoms with Gasteiger partial charge < -0.3 is 20.1 Å². The molecule has 1 saturated heterocycles. The molecule has 1 heterocycles. The lowest BCUT2D eigenvalue weighted by Gasteiger charge is -2.19. The molecule has 1 fully saturated rings. The number of rotatable bonds is 5. The molecule has 1 aliphatic heterocycles. The summed E-state index contributed by atoms with van der Waals surface area (Å²) < 4.78 is 36.1. The van der Waals surface area contributed by atoms with Crippen molar-refractivity contribution in [3.63, 3.8) is 0 Å². The number of carbonyl (C=O) groups excluding carboxylic acids is 1. The van der Waals surface area contributed by atoms with Crippen LogP contribution in [0, 0.1) is 0 Å². The number of ether oxygens (including phenoxy) is 2. The summed E-state index contributed by atoms with van der Waals surface area (Å²) in [5.41, 5.74) is 1.17. The molecule has 0 aromatic heterocycles. The van der Waals surface area contributed by atoms with E-state index in [2.05, 4.69) is 10.6 Å². The predicted octanol–water partition coefficient (Wildman–Crippen LogP) is 3.54. The van der Waals surface area contributed by atoms with E-state index in [4.69, 9.17) is 21.1 Å². The highest BCUT2D eigenvalue weighted by molar-refractivity contribution is 7.93. The SMILES string of the molecule is COc1cccc(NC(=O)Nc2ccc(Cl)c(N3CCCS3(=O)=O)c2)c1OC. The minimum Gasteiger partial charge on any atom is -0.493 e. The molecule has 0 radical (unpaired) electrons. The minimum atomic E-state index is -3.38. The van der Waals surface area contributed by atoms with Gasteiger partial charge in [-0.05, 0) is 36.8 Å². The van der Waals surface area contributed by atoms with Crippen LogP contribution in [0.4, 0.5) is 21.9 Å².